The minimum absolute atomic E-state index is 0.0687. The lowest BCUT2D eigenvalue weighted by atomic mass is 9.81. The molecule has 1 N–H and O–H groups in total. The van der Waals surface area contributed by atoms with E-state index in [2.05, 4.69) is 10.4 Å². The number of methoxy groups -OCH3 is 1. The van der Waals surface area contributed by atoms with Crippen molar-refractivity contribution in [3.63, 3.8) is 0 Å². The lowest BCUT2D eigenvalue weighted by Gasteiger charge is -2.33. The first-order valence-electron chi connectivity index (χ1n) is 13.9. The van der Waals surface area contributed by atoms with Gasteiger partial charge in [0.2, 0.25) is 5.92 Å². The minimum atomic E-state index is -2.73. The molecule has 5 rings (SSSR count). The summed E-state index contributed by atoms with van der Waals surface area (Å²) in [7, 11) is 3.20. The zero-order valence-corrected chi connectivity index (χ0v) is 23.2. The number of hydrogen-bond acceptors (Lipinski definition) is 8. The maximum absolute atomic E-state index is 14.0. The van der Waals surface area contributed by atoms with Crippen LogP contribution in [0.1, 0.15) is 66.3 Å². The summed E-state index contributed by atoms with van der Waals surface area (Å²) in [6.07, 6.45) is 2.43. The molecule has 3 heterocycles. The van der Waals surface area contributed by atoms with E-state index in [1.807, 2.05) is 42.3 Å². The van der Waals surface area contributed by atoms with Crippen LogP contribution in [-0.2, 0) is 20.8 Å². The highest BCUT2D eigenvalue weighted by Crippen LogP contribution is 2.41. The summed E-state index contributed by atoms with van der Waals surface area (Å²) in [5.41, 5.74) is 2.42. The van der Waals surface area contributed by atoms with Gasteiger partial charge in [-0.1, -0.05) is 30.3 Å². The summed E-state index contributed by atoms with van der Waals surface area (Å²) in [4.78, 5) is 32.4. The number of aromatic nitrogens is 3. The SMILES string of the molecule is COC(=O)c1nn2cc([C@@H](NC(=O)OCc3ccccc3)C3CCC(F)(F)CC3)nc2cc1N(C)C1CCOCC1. The molecule has 1 saturated carbocycles. The van der Waals surface area contributed by atoms with E-state index in [1.165, 1.54) is 11.6 Å². The number of anilines is 1. The third-order valence-electron chi connectivity index (χ3n) is 7.98. The predicted octanol–water partition coefficient (Wildman–Crippen LogP) is 4.92. The average Bonchev–Trinajstić information content (AvgIpc) is 3.41. The number of nitrogens with one attached hydrogen (secondary N) is 1. The Morgan fingerprint density at radius 3 is 2.56 bits per heavy atom. The highest BCUT2D eigenvalue weighted by atomic mass is 19.3. The van der Waals surface area contributed by atoms with Gasteiger partial charge in [0.1, 0.15) is 6.61 Å². The third kappa shape index (κ3) is 6.75. The number of benzene rings is 1. The maximum Gasteiger partial charge on any atom is 0.408 e. The number of carbonyl (C=O) groups excluding carboxylic acids is 2. The number of nitrogens with zero attached hydrogens (tertiary/aromatic N) is 4. The molecular formula is C29H35F2N5O5. The molecule has 2 fully saturated rings. The highest BCUT2D eigenvalue weighted by Gasteiger charge is 2.39. The van der Waals surface area contributed by atoms with E-state index in [4.69, 9.17) is 19.2 Å². The van der Waals surface area contributed by atoms with Crippen molar-refractivity contribution in [2.75, 3.05) is 32.3 Å². The van der Waals surface area contributed by atoms with Crippen molar-refractivity contribution in [1.82, 2.24) is 19.9 Å². The monoisotopic (exact) mass is 571 g/mol. The number of alkyl halides is 2. The predicted molar refractivity (Wildman–Crippen MR) is 146 cm³/mol. The zero-order valence-electron chi connectivity index (χ0n) is 23.2. The van der Waals surface area contributed by atoms with Gasteiger partial charge >= 0.3 is 12.1 Å². The summed E-state index contributed by atoms with van der Waals surface area (Å²) in [5.74, 6) is -3.60. The number of hydrogen-bond donors (Lipinski definition) is 1. The second kappa shape index (κ2) is 12.4. The Morgan fingerprint density at radius 2 is 1.88 bits per heavy atom. The number of alkyl carbamates (subject to hydrolysis) is 1. The van der Waals surface area contributed by atoms with Crippen molar-refractivity contribution in [3.8, 4) is 0 Å². The smallest absolute Gasteiger partial charge is 0.408 e. The molecule has 2 aromatic heterocycles. The van der Waals surface area contributed by atoms with Crippen molar-refractivity contribution < 1.29 is 32.6 Å². The normalized spacial score (nSPS) is 18.5. The first-order chi connectivity index (χ1) is 19.7. The molecule has 12 heteroatoms. The van der Waals surface area contributed by atoms with Crippen molar-refractivity contribution in [1.29, 1.82) is 0 Å². The van der Waals surface area contributed by atoms with Gasteiger partial charge in [-0.15, -0.1) is 0 Å². The molecule has 1 aromatic carbocycles. The summed E-state index contributed by atoms with van der Waals surface area (Å²) < 4.78 is 45.4. The average molecular weight is 572 g/mol. The van der Waals surface area contributed by atoms with Crippen LogP contribution in [0.2, 0.25) is 0 Å². The molecule has 41 heavy (non-hydrogen) atoms. The van der Waals surface area contributed by atoms with Crippen molar-refractivity contribution in [3.05, 3.63) is 59.5 Å². The molecule has 0 spiro atoms. The first-order valence-corrected chi connectivity index (χ1v) is 13.9. The molecule has 1 atom stereocenters. The van der Waals surface area contributed by atoms with Gasteiger partial charge in [-0.05, 0) is 37.2 Å². The molecule has 1 amide bonds. The van der Waals surface area contributed by atoms with Gasteiger partial charge in [-0.2, -0.15) is 5.10 Å². The molecule has 1 aliphatic carbocycles. The summed E-state index contributed by atoms with van der Waals surface area (Å²) >= 11 is 0. The van der Waals surface area contributed by atoms with Crippen molar-refractivity contribution >= 4 is 23.4 Å². The first kappa shape index (κ1) is 28.7. The van der Waals surface area contributed by atoms with Gasteiger partial charge in [-0.3, -0.25) is 0 Å². The largest absolute Gasteiger partial charge is 0.464 e. The Labute approximate surface area is 237 Å². The van der Waals surface area contributed by atoms with Gasteiger partial charge in [-0.25, -0.2) is 27.9 Å². The number of amides is 1. The molecule has 3 aromatic rings. The summed E-state index contributed by atoms with van der Waals surface area (Å²) in [6.45, 7) is 1.32. The van der Waals surface area contributed by atoms with Crippen LogP contribution in [0.15, 0.2) is 42.6 Å². The van der Waals surface area contributed by atoms with Gasteiger partial charge in [0.15, 0.2) is 11.3 Å². The summed E-state index contributed by atoms with van der Waals surface area (Å²) in [5, 5.41) is 7.40. The van der Waals surface area contributed by atoms with Crippen LogP contribution in [0.5, 0.6) is 0 Å². The van der Waals surface area contributed by atoms with Gasteiger partial charge in [0.05, 0.1) is 30.7 Å². The quantitative estimate of drug-likeness (QED) is 0.380. The maximum atomic E-state index is 14.0. The fourth-order valence-corrected chi connectivity index (χ4v) is 5.58. The van der Waals surface area contributed by atoms with Crippen LogP contribution in [0, 0.1) is 5.92 Å². The van der Waals surface area contributed by atoms with Crippen LogP contribution in [0.25, 0.3) is 5.65 Å². The third-order valence-corrected chi connectivity index (χ3v) is 7.98. The minimum Gasteiger partial charge on any atom is -0.464 e. The second-order valence-corrected chi connectivity index (χ2v) is 10.7. The Morgan fingerprint density at radius 1 is 1.17 bits per heavy atom. The Bertz CT molecular complexity index is 1350. The summed E-state index contributed by atoms with van der Waals surface area (Å²) in [6, 6.07) is 10.5. The molecule has 0 radical (unpaired) electrons. The number of imidazole rings is 1. The molecule has 220 valence electrons. The van der Waals surface area contributed by atoms with Gasteiger partial charge in [0.25, 0.3) is 0 Å². The van der Waals surface area contributed by atoms with E-state index in [-0.39, 0.29) is 49.9 Å². The fraction of sp³-hybridized carbons (Fsp3) is 0.517. The number of esters is 1. The van der Waals surface area contributed by atoms with E-state index < -0.39 is 24.0 Å². The van der Waals surface area contributed by atoms with Crippen LogP contribution in [0.4, 0.5) is 19.3 Å². The van der Waals surface area contributed by atoms with Crippen molar-refractivity contribution in [2.24, 2.45) is 5.92 Å². The topological polar surface area (TPSA) is 107 Å². The van der Waals surface area contributed by atoms with Gasteiger partial charge in [0, 0.05) is 45.2 Å². The zero-order chi connectivity index (χ0) is 29.0. The number of carbonyl (C=O) groups is 2. The standard InChI is InChI=1S/C29H35F2N5O5/c1-35(21-10-14-40-15-11-21)23-16-24-32-22(17-36(24)34-26(23)27(37)39-2)25(20-8-12-29(30,31)13-9-20)33-28(38)41-18-19-6-4-3-5-7-19/h3-7,16-17,20-21,25H,8-15,18H2,1-2H3,(H,33,38)/t25-/m0/s1. The van der Waals surface area contributed by atoms with Crippen LogP contribution < -0.4 is 10.2 Å². The van der Waals surface area contributed by atoms with Crippen LogP contribution in [-0.4, -0.2) is 66.0 Å². The Hall–Kier alpha value is -3.80. The van der Waals surface area contributed by atoms with E-state index in [9.17, 15) is 18.4 Å². The molecule has 10 nitrogen and oxygen atoms in total. The van der Waals surface area contributed by atoms with E-state index in [0.29, 0.717) is 30.2 Å². The number of fused-ring (bicyclic) bond motifs is 1. The van der Waals surface area contributed by atoms with E-state index in [0.717, 1.165) is 18.4 Å². The lowest BCUT2D eigenvalue weighted by molar-refractivity contribution is -0.0497. The fourth-order valence-electron chi connectivity index (χ4n) is 5.58. The number of rotatable bonds is 8. The molecule has 1 aliphatic heterocycles. The van der Waals surface area contributed by atoms with Gasteiger partial charge < -0.3 is 24.4 Å². The lowest BCUT2D eigenvalue weighted by Crippen LogP contribution is -2.37. The molecule has 0 bridgehead atoms. The Balaban J connectivity index is 1.45. The van der Waals surface area contributed by atoms with Crippen LogP contribution in [0.3, 0.4) is 0 Å². The van der Waals surface area contributed by atoms with Crippen LogP contribution >= 0.6 is 0 Å². The molecule has 0 unspecified atom stereocenters. The molecule has 1 saturated heterocycles. The van der Waals surface area contributed by atoms with Crippen molar-refractivity contribution in [2.45, 2.75) is 63.1 Å². The highest BCUT2D eigenvalue weighted by molar-refractivity contribution is 5.94. The molecular weight excluding hydrogens is 536 g/mol. The van der Waals surface area contributed by atoms with E-state index in [1.54, 1.807) is 12.3 Å². The Kier molecular flexibility index (Phi) is 8.67. The number of halogens is 2. The molecule has 2 aliphatic rings. The second-order valence-electron chi connectivity index (χ2n) is 10.7. The number of ether oxygens (including phenoxy) is 3. The van der Waals surface area contributed by atoms with E-state index >= 15 is 0 Å².